The first-order valence-corrected chi connectivity index (χ1v) is 17.2. The predicted molar refractivity (Wildman–Crippen MR) is 189 cm³/mol. The summed E-state index contributed by atoms with van der Waals surface area (Å²) in [4.78, 5) is 29.3. The number of likely N-dealkylation sites (N-methyl/N-ethyl adjacent to an activating group) is 1. The van der Waals surface area contributed by atoms with E-state index in [4.69, 9.17) is 27.9 Å². The van der Waals surface area contributed by atoms with Gasteiger partial charge in [-0.3, -0.25) is 13.9 Å². The van der Waals surface area contributed by atoms with Crippen LogP contribution in [0.25, 0.3) is 0 Å². The Labute approximate surface area is 290 Å². The summed E-state index contributed by atoms with van der Waals surface area (Å²) >= 11 is 12.5. The van der Waals surface area contributed by atoms with Crippen molar-refractivity contribution in [3.8, 4) is 11.5 Å². The minimum atomic E-state index is -4.24. The molecule has 8 nitrogen and oxygen atoms in total. The van der Waals surface area contributed by atoms with Crippen LogP contribution >= 0.6 is 23.2 Å². The van der Waals surface area contributed by atoms with Crippen LogP contribution in [-0.2, 0) is 32.6 Å². The first kappa shape index (κ1) is 34.5. The Morgan fingerprint density at radius 1 is 0.729 bits per heavy atom. The summed E-state index contributed by atoms with van der Waals surface area (Å²) in [6.45, 7) is -0.635. The summed E-state index contributed by atoms with van der Waals surface area (Å²) < 4.78 is 35.3. The van der Waals surface area contributed by atoms with Crippen LogP contribution in [-0.4, -0.2) is 44.8 Å². The fourth-order valence-electron chi connectivity index (χ4n) is 5.11. The molecule has 0 radical (unpaired) electrons. The number of nitrogens with one attached hydrogen (secondary N) is 1. The van der Waals surface area contributed by atoms with Gasteiger partial charge in [0.1, 0.15) is 24.1 Å². The second-order valence-electron chi connectivity index (χ2n) is 10.8. The molecule has 246 valence electrons. The highest BCUT2D eigenvalue weighted by Gasteiger charge is 2.34. The first-order chi connectivity index (χ1) is 23.2. The van der Waals surface area contributed by atoms with Crippen LogP contribution in [0.5, 0.6) is 11.5 Å². The van der Waals surface area contributed by atoms with E-state index < -0.39 is 34.4 Å². The second kappa shape index (κ2) is 15.8. The SMILES string of the molecule is CNC(=O)[C@H](Cc1ccccc1)N(Cc1ccc(Cl)c(Cl)c1)C(=O)CN(c1ccc(Oc2ccccc2)cc1)S(=O)(=O)c1ccccc1. The van der Waals surface area contributed by atoms with E-state index >= 15 is 0 Å². The van der Waals surface area contributed by atoms with Crippen molar-refractivity contribution < 1.29 is 22.7 Å². The zero-order valence-electron chi connectivity index (χ0n) is 26.0. The first-order valence-electron chi connectivity index (χ1n) is 15.1. The molecule has 0 heterocycles. The Kier molecular flexibility index (Phi) is 11.4. The molecule has 0 aromatic heterocycles. The number of hydrogen-bond acceptors (Lipinski definition) is 5. The highest BCUT2D eigenvalue weighted by Crippen LogP contribution is 2.29. The number of amides is 2. The van der Waals surface area contributed by atoms with Gasteiger partial charge in [-0.1, -0.05) is 96.0 Å². The molecular weight excluding hydrogens is 669 g/mol. The Hall–Kier alpha value is -4.83. The number of rotatable bonds is 13. The zero-order valence-corrected chi connectivity index (χ0v) is 28.3. The summed E-state index contributed by atoms with van der Waals surface area (Å²) in [5.41, 5.74) is 1.67. The van der Waals surface area contributed by atoms with Gasteiger partial charge in [-0.25, -0.2) is 8.42 Å². The number of para-hydroxylation sites is 1. The van der Waals surface area contributed by atoms with Crippen molar-refractivity contribution in [1.82, 2.24) is 10.2 Å². The number of carbonyl (C=O) groups is 2. The highest BCUT2D eigenvalue weighted by atomic mass is 35.5. The molecule has 0 spiro atoms. The number of nitrogens with zero attached hydrogens (tertiary/aromatic N) is 2. The molecule has 48 heavy (non-hydrogen) atoms. The van der Waals surface area contributed by atoms with Gasteiger partial charge in [0.2, 0.25) is 11.8 Å². The van der Waals surface area contributed by atoms with Crippen LogP contribution in [0, 0.1) is 0 Å². The minimum absolute atomic E-state index is 0.00517. The Morgan fingerprint density at radius 2 is 1.31 bits per heavy atom. The smallest absolute Gasteiger partial charge is 0.264 e. The third kappa shape index (κ3) is 8.55. The van der Waals surface area contributed by atoms with Crippen molar-refractivity contribution in [2.75, 3.05) is 17.9 Å². The molecule has 5 aromatic carbocycles. The summed E-state index contributed by atoms with van der Waals surface area (Å²) in [6.07, 6.45) is 0.185. The van der Waals surface area contributed by atoms with Gasteiger partial charge >= 0.3 is 0 Å². The molecule has 0 aliphatic rings. The summed E-state index contributed by atoms with van der Waals surface area (Å²) in [5, 5.41) is 3.29. The summed E-state index contributed by atoms with van der Waals surface area (Å²) in [6, 6.07) is 36.7. The lowest BCUT2D eigenvalue weighted by atomic mass is 10.0. The Bertz CT molecular complexity index is 1950. The molecule has 2 amide bonds. The van der Waals surface area contributed by atoms with Crippen molar-refractivity contribution >= 4 is 50.7 Å². The average molecular weight is 703 g/mol. The third-order valence-electron chi connectivity index (χ3n) is 7.57. The monoisotopic (exact) mass is 701 g/mol. The lowest BCUT2D eigenvalue weighted by molar-refractivity contribution is -0.139. The molecule has 0 fully saturated rings. The fraction of sp³-hybridized carbons (Fsp3) is 0.135. The zero-order chi connectivity index (χ0) is 34.1. The maximum absolute atomic E-state index is 14.5. The highest BCUT2D eigenvalue weighted by molar-refractivity contribution is 7.92. The molecule has 0 saturated heterocycles. The topological polar surface area (TPSA) is 96.0 Å². The van der Waals surface area contributed by atoms with E-state index in [-0.39, 0.29) is 28.6 Å². The van der Waals surface area contributed by atoms with E-state index in [1.807, 2.05) is 48.5 Å². The van der Waals surface area contributed by atoms with Crippen molar-refractivity contribution in [1.29, 1.82) is 0 Å². The van der Waals surface area contributed by atoms with Crippen LogP contribution in [0.2, 0.25) is 10.0 Å². The van der Waals surface area contributed by atoms with E-state index in [9.17, 15) is 18.0 Å². The van der Waals surface area contributed by atoms with Gasteiger partial charge < -0.3 is 15.0 Å². The molecule has 0 saturated carbocycles. The third-order valence-corrected chi connectivity index (χ3v) is 10.1. The standard InChI is InChI=1S/C37H33Cl2N3O5S/c1-40-37(44)35(24-27-11-5-2-6-12-27)41(25-28-17-22-33(38)34(39)23-28)36(43)26-42(48(45,46)32-15-9-4-10-16-32)29-18-20-31(21-19-29)47-30-13-7-3-8-14-30/h2-23,35H,24-26H2,1H3,(H,40,44)/t35-/m0/s1. The molecule has 11 heteroatoms. The van der Waals surface area contributed by atoms with Gasteiger partial charge in [0.25, 0.3) is 10.0 Å². The van der Waals surface area contributed by atoms with Crippen LogP contribution < -0.4 is 14.4 Å². The molecule has 0 bridgehead atoms. The Morgan fingerprint density at radius 3 is 1.92 bits per heavy atom. The van der Waals surface area contributed by atoms with Gasteiger partial charge in [0, 0.05) is 20.0 Å². The maximum Gasteiger partial charge on any atom is 0.264 e. The van der Waals surface area contributed by atoms with Gasteiger partial charge in [-0.05, 0) is 71.8 Å². The van der Waals surface area contributed by atoms with Crippen LogP contribution in [0.4, 0.5) is 5.69 Å². The summed E-state index contributed by atoms with van der Waals surface area (Å²) in [5.74, 6) is 0.0878. The van der Waals surface area contributed by atoms with E-state index in [2.05, 4.69) is 5.32 Å². The summed E-state index contributed by atoms with van der Waals surface area (Å²) in [7, 11) is -2.75. The quantitative estimate of drug-likeness (QED) is 0.138. The van der Waals surface area contributed by atoms with Crippen molar-refractivity contribution in [3.05, 3.63) is 155 Å². The number of carbonyl (C=O) groups excluding carboxylic acids is 2. The molecule has 0 unspecified atom stereocenters. The molecule has 0 aliphatic heterocycles. The lowest BCUT2D eigenvalue weighted by Gasteiger charge is -2.33. The number of hydrogen-bond donors (Lipinski definition) is 1. The van der Waals surface area contributed by atoms with Crippen LogP contribution in [0.1, 0.15) is 11.1 Å². The molecule has 5 rings (SSSR count). The number of halogens is 2. The average Bonchev–Trinajstić information content (AvgIpc) is 3.11. The normalized spacial score (nSPS) is 11.7. The number of benzene rings is 5. The Balaban J connectivity index is 1.54. The van der Waals surface area contributed by atoms with E-state index in [0.717, 1.165) is 9.87 Å². The van der Waals surface area contributed by atoms with E-state index in [1.165, 1.54) is 24.1 Å². The minimum Gasteiger partial charge on any atom is -0.457 e. The van der Waals surface area contributed by atoms with Gasteiger partial charge in [-0.15, -0.1) is 0 Å². The maximum atomic E-state index is 14.5. The van der Waals surface area contributed by atoms with Crippen LogP contribution in [0.3, 0.4) is 0 Å². The number of ether oxygens (including phenoxy) is 1. The van der Waals surface area contributed by atoms with E-state index in [0.29, 0.717) is 22.1 Å². The molecule has 5 aromatic rings. The van der Waals surface area contributed by atoms with Crippen LogP contribution in [0.15, 0.2) is 138 Å². The molecule has 0 aliphatic carbocycles. The van der Waals surface area contributed by atoms with Gasteiger partial charge in [0.05, 0.1) is 20.6 Å². The second-order valence-corrected chi connectivity index (χ2v) is 13.5. The molecular formula is C37H33Cl2N3O5S. The molecule has 1 N–H and O–H groups in total. The lowest BCUT2D eigenvalue weighted by Crippen LogP contribution is -2.53. The fourth-order valence-corrected chi connectivity index (χ4v) is 6.86. The van der Waals surface area contributed by atoms with E-state index in [1.54, 1.807) is 72.8 Å². The van der Waals surface area contributed by atoms with Crippen molar-refractivity contribution in [2.45, 2.75) is 23.9 Å². The van der Waals surface area contributed by atoms with Crippen molar-refractivity contribution in [3.63, 3.8) is 0 Å². The van der Waals surface area contributed by atoms with Gasteiger partial charge in [0.15, 0.2) is 0 Å². The largest absolute Gasteiger partial charge is 0.457 e. The molecule has 1 atom stereocenters. The van der Waals surface area contributed by atoms with Crippen molar-refractivity contribution in [2.24, 2.45) is 0 Å². The predicted octanol–water partition coefficient (Wildman–Crippen LogP) is 7.37. The number of anilines is 1. The number of sulfonamides is 1. The van der Waals surface area contributed by atoms with Gasteiger partial charge in [-0.2, -0.15) is 0 Å².